The quantitative estimate of drug-likeness (QED) is 0.706. The van der Waals surface area contributed by atoms with Gasteiger partial charge in [0.2, 0.25) is 0 Å². The van der Waals surface area contributed by atoms with E-state index in [4.69, 9.17) is 4.74 Å². The topological polar surface area (TPSA) is 48.1 Å². The molecular formula is C11H17N5O. The Labute approximate surface area is 100 Å². The predicted molar refractivity (Wildman–Crippen MR) is 63.0 cm³/mol. The van der Waals surface area contributed by atoms with Crippen LogP contribution in [0.15, 0.2) is 36.9 Å². The molecule has 0 aliphatic rings. The highest BCUT2D eigenvalue weighted by atomic mass is 16.5. The van der Waals surface area contributed by atoms with Crippen molar-refractivity contribution in [2.24, 2.45) is 0 Å². The molecule has 0 bridgehead atoms. The molecule has 0 aliphatic carbocycles. The minimum absolute atomic E-state index is 0.697. The minimum Gasteiger partial charge on any atom is -0.383 e. The van der Waals surface area contributed by atoms with Gasteiger partial charge in [-0.15, -0.1) is 0 Å². The van der Waals surface area contributed by atoms with Gasteiger partial charge in [-0.1, -0.05) is 0 Å². The lowest BCUT2D eigenvalue weighted by molar-refractivity contribution is 0.0975. The molecule has 0 saturated carbocycles. The third-order valence-corrected chi connectivity index (χ3v) is 2.42. The molecule has 6 nitrogen and oxygen atoms in total. The summed E-state index contributed by atoms with van der Waals surface area (Å²) >= 11 is 0. The van der Waals surface area contributed by atoms with Crippen LogP contribution in [0.2, 0.25) is 0 Å². The van der Waals surface area contributed by atoms with E-state index in [9.17, 15) is 0 Å². The van der Waals surface area contributed by atoms with Crippen LogP contribution in [-0.4, -0.2) is 44.7 Å². The Kier molecular flexibility index (Phi) is 4.29. The molecule has 0 radical (unpaired) electrons. The summed E-state index contributed by atoms with van der Waals surface area (Å²) in [7, 11) is 1.71. The number of aromatic nitrogens is 4. The monoisotopic (exact) mass is 235 g/mol. The fourth-order valence-electron chi connectivity index (χ4n) is 1.58. The van der Waals surface area contributed by atoms with Gasteiger partial charge >= 0.3 is 0 Å². The molecule has 2 aromatic heterocycles. The summed E-state index contributed by atoms with van der Waals surface area (Å²) in [5, 5.41) is 8.40. The van der Waals surface area contributed by atoms with Crippen molar-refractivity contribution in [1.29, 1.82) is 0 Å². The Hall–Kier alpha value is -1.66. The first-order valence-electron chi connectivity index (χ1n) is 5.54. The summed E-state index contributed by atoms with van der Waals surface area (Å²) in [5.74, 6) is 0. The van der Waals surface area contributed by atoms with Gasteiger partial charge in [0.1, 0.15) is 0 Å². The number of nitrogens with zero attached hydrogens (tertiary/aromatic N) is 5. The van der Waals surface area contributed by atoms with Gasteiger partial charge in [-0.2, -0.15) is 10.2 Å². The normalized spacial score (nSPS) is 11.2. The first kappa shape index (κ1) is 11.8. The van der Waals surface area contributed by atoms with Crippen molar-refractivity contribution in [2.75, 3.05) is 20.3 Å². The van der Waals surface area contributed by atoms with Gasteiger partial charge in [-0.25, -0.2) is 0 Å². The zero-order valence-electron chi connectivity index (χ0n) is 9.94. The Morgan fingerprint density at radius 1 is 1.06 bits per heavy atom. The number of rotatable bonds is 7. The molecule has 0 unspecified atom stereocenters. The van der Waals surface area contributed by atoms with Gasteiger partial charge in [0, 0.05) is 38.4 Å². The number of ether oxygens (including phenoxy) is 1. The molecule has 2 rings (SSSR count). The van der Waals surface area contributed by atoms with Crippen LogP contribution in [-0.2, 0) is 18.1 Å². The molecule has 92 valence electrons. The van der Waals surface area contributed by atoms with Crippen molar-refractivity contribution in [3.63, 3.8) is 0 Å². The molecule has 2 aromatic rings. The van der Waals surface area contributed by atoms with Crippen LogP contribution in [0.25, 0.3) is 0 Å². The van der Waals surface area contributed by atoms with E-state index in [1.165, 1.54) is 0 Å². The van der Waals surface area contributed by atoms with Gasteiger partial charge in [0.25, 0.3) is 0 Å². The molecule has 0 atom stereocenters. The third kappa shape index (κ3) is 3.69. The Bertz CT molecular complexity index is 361. The van der Waals surface area contributed by atoms with Crippen LogP contribution >= 0.6 is 0 Å². The van der Waals surface area contributed by atoms with Crippen LogP contribution < -0.4 is 0 Å². The lowest BCUT2D eigenvalue weighted by Crippen LogP contribution is -2.32. The second-order valence-electron chi connectivity index (χ2n) is 3.76. The Balaban J connectivity index is 1.92. The van der Waals surface area contributed by atoms with Crippen LogP contribution in [0, 0.1) is 0 Å². The summed E-state index contributed by atoms with van der Waals surface area (Å²) in [6, 6.07) is 3.84. The largest absolute Gasteiger partial charge is 0.383 e. The third-order valence-electron chi connectivity index (χ3n) is 2.42. The van der Waals surface area contributed by atoms with Crippen LogP contribution in [0.1, 0.15) is 0 Å². The van der Waals surface area contributed by atoms with Gasteiger partial charge in [0.05, 0.1) is 19.9 Å². The van der Waals surface area contributed by atoms with Crippen molar-refractivity contribution in [3.8, 4) is 0 Å². The van der Waals surface area contributed by atoms with E-state index in [1.54, 1.807) is 19.5 Å². The second-order valence-corrected chi connectivity index (χ2v) is 3.76. The standard InChI is InChI=1S/C11H17N5O/c1-17-9-8-14(10-15-6-2-4-12-15)11-16-7-3-5-13-16/h2-7H,8-11H2,1H3. The number of methoxy groups -OCH3 is 1. The lowest BCUT2D eigenvalue weighted by Gasteiger charge is -2.21. The van der Waals surface area contributed by atoms with Gasteiger partial charge in [0.15, 0.2) is 0 Å². The smallest absolute Gasteiger partial charge is 0.0943 e. The number of hydrogen-bond acceptors (Lipinski definition) is 4. The summed E-state index contributed by atoms with van der Waals surface area (Å²) in [6.07, 6.45) is 7.45. The van der Waals surface area contributed by atoms with Crippen molar-refractivity contribution < 1.29 is 4.74 Å². The van der Waals surface area contributed by atoms with Crippen molar-refractivity contribution in [1.82, 2.24) is 24.5 Å². The van der Waals surface area contributed by atoms with Crippen LogP contribution in [0.5, 0.6) is 0 Å². The molecule has 0 N–H and O–H groups in total. The first-order valence-corrected chi connectivity index (χ1v) is 5.54. The highest BCUT2D eigenvalue weighted by Gasteiger charge is 2.06. The maximum absolute atomic E-state index is 5.11. The first-order chi connectivity index (χ1) is 8.38. The molecule has 0 amide bonds. The predicted octanol–water partition coefficient (Wildman–Crippen LogP) is 0.643. The van der Waals surface area contributed by atoms with Crippen molar-refractivity contribution in [2.45, 2.75) is 13.3 Å². The fourth-order valence-corrected chi connectivity index (χ4v) is 1.58. The van der Waals surface area contributed by atoms with Crippen LogP contribution in [0.4, 0.5) is 0 Å². The van der Waals surface area contributed by atoms with E-state index in [0.717, 1.165) is 19.9 Å². The van der Waals surface area contributed by atoms with Crippen molar-refractivity contribution in [3.05, 3.63) is 36.9 Å². The van der Waals surface area contributed by atoms with E-state index >= 15 is 0 Å². The average Bonchev–Trinajstić information content (AvgIpc) is 2.99. The van der Waals surface area contributed by atoms with E-state index < -0.39 is 0 Å². The van der Waals surface area contributed by atoms with E-state index in [2.05, 4.69) is 15.1 Å². The highest BCUT2D eigenvalue weighted by Crippen LogP contribution is 1.97. The number of hydrogen-bond donors (Lipinski definition) is 0. The zero-order chi connectivity index (χ0) is 11.9. The molecule has 0 saturated heterocycles. The van der Waals surface area contributed by atoms with E-state index in [1.807, 2.05) is 33.9 Å². The average molecular weight is 235 g/mol. The van der Waals surface area contributed by atoms with Gasteiger partial charge in [-0.3, -0.25) is 14.3 Å². The van der Waals surface area contributed by atoms with Gasteiger partial charge < -0.3 is 4.74 Å². The lowest BCUT2D eigenvalue weighted by atomic mass is 10.6. The molecule has 0 spiro atoms. The Morgan fingerprint density at radius 3 is 2.06 bits per heavy atom. The maximum atomic E-state index is 5.11. The summed E-state index contributed by atoms with van der Waals surface area (Å²) in [5.41, 5.74) is 0. The van der Waals surface area contributed by atoms with E-state index in [-0.39, 0.29) is 0 Å². The zero-order valence-corrected chi connectivity index (χ0v) is 9.94. The minimum atomic E-state index is 0.697. The summed E-state index contributed by atoms with van der Waals surface area (Å²) in [6.45, 7) is 3.01. The Morgan fingerprint density at radius 2 is 1.65 bits per heavy atom. The molecule has 6 heteroatoms. The summed E-state index contributed by atoms with van der Waals surface area (Å²) < 4.78 is 8.89. The second kappa shape index (κ2) is 6.17. The maximum Gasteiger partial charge on any atom is 0.0943 e. The fraction of sp³-hybridized carbons (Fsp3) is 0.455. The SMILES string of the molecule is COCCN(Cn1cccn1)Cn1cccn1. The molecule has 0 aliphatic heterocycles. The summed E-state index contributed by atoms with van der Waals surface area (Å²) in [4.78, 5) is 2.21. The van der Waals surface area contributed by atoms with Crippen LogP contribution in [0.3, 0.4) is 0 Å². The highest BCUT2D eigenvalue weighted by molar-refractivity contribution is 4.79. The molecule has 17 heavy (non-hydrogen) atoms. The van der Waals surface area contributed by atoms with Gasteiger partial charge in [-0.05, 0) is 12.1 Å². The molecular weight excluding hydrogens is 218 g/mol. The molecule has 0 aromatic carbocycles. The molecule has 2 heterocycles. The molecule has 0 fully saturated rings. The van der Waals surface area contributed by atoms with Crippen molar-refractivity contribution >= 4 is 0 Å². The van der Waals surface area contributed by atoms with E-state index in [0.29, 0.717) is 6.61 Å².